The number of hydrogen-bond donors (Lipinski definition) is 3. The molecule has 9 heteroatoms. The molecule has 0 aliphatic carbocycles. The molecule has 0 saturated heterocycles. The van der Waals surface area contributed by atoms with Crippen molar-refractivity contribution in [3.8, 4) is 0 Å². The summed E-state index contributed by atoms with van der Waals surface area (Å²) in [5, 5.41) is 19.9. The van der Waals surface area contributed by atoms with Crippen molar-refractivity contribution in [1.29, 1.82) is 0 Å². The van der Waals surface area contributed by atoms with Crippen LogP contribution in [0.3, 0.4) is 0 Å². The van der Waals surface area contributed by atoms with Gasteiger partial charge in [0, 0.05) is 35.9 Å². The molecule has 0 amide bonds. The first kappa shape index (κ1) is 20.0. The van der Waals surface area contributed by atoms with Crippen LogP contribution in [0.4, 0.5) is 0 Å². The van der Waals surface area contributed by atoms with Gasteiger partial charge in [0.05, 0.1) is 0 Å². The number of aliphatic hydroxyl groups is 2. The molecule has 0 aliphatic rings. The largest absolute Gasteiger partial charge is 0.378 e. The summed E-state index contributed by atoms with van der Waals surface area (Å²) in [7, 11) is -4.29. The predicted molar refractivity (Wildman–Crippen MR) is 82.7 cm³/mol. The lowest BCUT2D eigenvalue weighted by Crippen LogP contribution is -2.07. The molecule has 2 aromatic heterocycles. The van der Waals surface area contributed by atoms with E-state index in [1.807, 2.05) is 0 Å². The van der Waals surface area contributed by atoms with E-state index >= 15 is 0 Å². The summed E-state index contributed by atoms with van der Waals surface area (Å²) in [5.74, 6) is -3.40. The molecule has 6 nitrogen and oxygen atoms in total. The summed E-state index contributed by atoms with van der Waals surface area (Å²) in [6, 6.07) is 6.01. The molecule has 2 atom stereocenters. The highest BCUT2D eigenvalue weighted by molar-refractivity contribution is 7.58. The fourth-order valence-corrected chi connectivity index (χ4v) is 3.05. The van der Waals surface area contributed by atoms with E-state index in [0.717, 1.165) is 0 Å². The van der Waals surface area contributed by atoms with Crippen LogP contribution in [0.25, 0.3) is 0 Å². The summed E-state index contributed by atoms with van der Waals surface area (Å²) >= 11 is 0. The van der Waals surface area contributed by atoms with E-state index in [9.17, 15) is 19.7 Å². The third-order valence-corrected chi connectivity index (χ3v) is 4.66. The lowest BCUT2D eigenvalue weighted by atomic mass is 10.3. The third-order valence-electron chi connectivity index (χ3n) is 2.67. The highest BCUT2D eigenvalue weighted by Gasteiger charge is 2.39. The molecular formula is C12H15Cl2N2O4P. The van der Waals surface area contributed by atoms with Crippen molar-refractivity contribution in [3.05, 3.63) is 60.2 Å². The van der Waals surface area contributed by atoms with Gasteiger partial charge in [-0.1, -0.05) is 12.1 Å². The Hall–Kier alpha value is -1.01. The second-order valence-corrected chi connectivity index (χ2v) is 6.32. The number of aromatic nitrogens is 2. The van der Waals surface area contributed by atoms with Crippen LogP contribution in [0.5, 0.6) is 0 Å². The van der Waals surface area contributed by atoms with Crippen molar-refractivity contribution in [1.82, 2.24) is 9.97 Å². The minimum Gasteiger partial charge on any atom is -0.378 e. The first-order chi connectivity index (χ1) is 9.03. The van der Waals surface area contributed by atoms with Gasteiger partial charge in [0.15, 0.2) is 11.7 Å². The molecule has 2 heterocycles. The van der Waals surface area contributed by atoms with E-state index in [2.05, 4.69) is 9.97 Å². The van der Waals surface area contributed by atoms with Crippen LogP contribution < -0.4 is 0 Å². The Kier molecular flexibility index (Phi) is 8.03. The van der Waals surface area contributed by atoms with Crippen molar-refractivity contribution in [2.24, 2.45) is 0 Å². The Balaban J connectivity index is 0.00000200. The Bertz CT molecular complexity index is 539. The number of pyridine rings is 2. The Morgan fingerprint density at radius 3 is 1.57 bits per heavy atom. The van der Waals surface area contributed by atoms with Crippen LogP contribution in [0.1, 0.15) is 22.8 Å². The monoisotopic (exact) mass is 352 g/mol. The molecule has 0 radical (unpaired) electrons. The van der Waals surface area contributed by atoms with Crippen LogP contribution in [-0.4, -0.2) is 25.1 Å². The average molecular weight is 353 g/mol. The van der Waals surface area contributed by atoms with Crippen LogP contribution in [0.2, 0.25) is 0 Å². The van der Waals surface area contributed by atoms with Crippen LogP contribution in [0, 0.1) is 0 Å². The van der Waals surface area contributed by atoms with Crippen molar-refractivity contribution < 1.29 is 19.7 Å². The van der Waals surface area contributed by atoms with E-state index in [1.165, 1.54) is 49.1 Å². The van der Waals surface area contributed by atoms with E-state index in [1.54, 1.807) is 0 Å². The van der Waals surface area contributed by atoms with Gasteiger partial charge in [-0.2, -0.15) is 0 Å². The predicted octanol–water partition coefficient (Wildman–Crippen LogP) is 2.27. The molecule has 116 valence electrons. The molecule has 0 bridgehead atoms. The molecule has 2 aromatic rings. The second-order valence-electron chi connectivity index (χ2n) is 3.99. The minimum absolute atomic E-state index is 0. The number of halogens is 2. The maximum Gasteiger partial charge on any atom is 0.264 e. The molecule has 2 unspecified atom stereocenters. The quantitative estimate of drug-likeness (QED) is 0.729. The van der Waals surface area contributed by atoms with Gasteiger partial charge in [0.25, 0.3) is 7.37 Å². The standard InChI is InChI=1S/C12H13N2O4P.2ClH/c15-11(9-3-1-5-13-7-9)19(17,18)12(16)10-4-2-6-14-8-10;;/h1-8,11-12,15-16H,(H,17,18);2*1H. The highest BCUT2D eigenvalue weighted by atomic mass is 35.5. The molecule has 2 rings (SSSR count). The Labute approximate surface area is 134 Å². The smallest absolute Gasteiger partial charge is 0.264 e. The van der Waals surface area contributed by atoms with Crippen molar-refractivity contribution >= 4 is 32.2 Å². The van der Waals surface area contributed by atoms with Crippen molar-refractivity contribution in [2.45, 2.75) is 11.7 Å². The maximum absolute atomic E-state index is 12.2. The topological polar surface area (TPSA) is 104 Å². The lowest BCUT2D eigenvalue weighted by Gasteiger charge is -2.23. The van der Waals surface area contributed by atoms with Gasteiger partial charge in [0.2, 0.25) is 0 Å². The van der Waals surface area contributed by atoms with Gasteiger partial charge in [-0.3, -0.25) is 14.5 Å². The van der Waals surface area contributed by atoms with Crippen LogP contribution >= 0.6 is 32.2 Å². The summed E-state index contributed by atoms with van der Waals surface area (Å²) in [6.45, 7) is 0. The zero-order valence-corrected chi connectivity index (χ0v) is 13.2. The molecular weight excluding hydrogens is 338 g/mol. The second kappa shape index (κ2) is 8.44. The zero-order chi connectivity index (χ0) is 13.9. The summed E-state index contributed by atoms with van der Waals surface area (Å²) in [4.78, 5) is 17.5. The first-order valence-electron chi connectivity index (χ1n) is 5.51. The fraction of sp³-hybridized carbons (Fsp3) is 0.167. The van der Waals surface area contributed by atoms with Crippen LogP contribution in [0.15, 0.2) is 49.1 Å². The van der Waals surface area contributed by atoms with E-state index in [0.29, 0.717) is 0 Å². The van der Waals surface area contributed by atoms with E-state index in [-0.39, 0.29) is 35.9 Å². The van der Waals surface area contributed by atoms with E-state index in [4.69, 9.17) is 0 Å². The number of aliphatic hydroxyl groups excluding tert-OH is 2. The number of rotatable bonds is 4. The highest BCUT2D eigenvalue weighted by Crippen LogP contribution is 2.63. The fourth-order valence-electron chi connectivity index (χ4n) is 1.62. The SMILES string of the molecule is Cl.Cl.O=P(O)(C(O)c1cccnc1)C(O)c1cccnc1. The molecule has 0 fully saturated rings. The Morgan fingerprint density at radius 1 is 0.905 bits per heavy atom. The van der Waals surface area contributed by atoms with Crippen molar-refractivity contribution in [3.63, 3.8) is 0 Å². The summed E-state index contributed by atoms with van der Waals surface area (Å²) < 4.78 is 12.2. The molecule has 0 spiro atoms. The molecule has 3 N–H and O–H groups in total. The third kappa shape index (κ3) is 4.48. The first-order valence-corrected chi connectivity index (χ1v) is 7.31. The maximum atomic E-state index is 12.2. The molecule has 0 saturated carbocycles. The zero-order valence-electron chi connectivity index (χ0n) is 10.7. The van der Waals surface area contributed by atoms with Gasteiger partial charge in [-0.25, -0.2) is 0 Å². The van der Waals surface area contributed by atoms with Gasteiger partial charge in [-0.15, -0.1) is 24.8 Å². The number of nitrogens with zero attached hydrogens (tertiary/aromatic N) is 2. The average Bonchev–Trinajstić information content (AvgIpc) is 2.47. The lowest BCUT2D eigenvalue weighted by molar-refractivity contribution is 0.186. The number of hydrogen-bond acceptors (Lipinski definition) is 5. The van der Waals surface area contributed by atoms with Crippen LogP contribution in [-0.2, 0) is 4.57 Å². The Morgan fingerprint density at radius 2 is 1.29 bits per heavy atom. The molecule has 0 aromatic carbocycles. The van der Waals surface area contributed by atoms with Gasteiger partial charge in [0.1, 0.15) is 0 Å². The van der Waals surface area contributed by atoms with E-state index < -0.39 is 19.1 Å². The van der Waals surface area contributed by atoms with Gasteiger partial charge < -0.3 is 15.1 Å². The molecule has 0 aliphatic heterocycles. The molecule has 21 heavy (non-hydrogen) atoms. The summed E-state index contributed by atoms with van der Waals surface area (Å²) in [5.41, 5.74) is 0.354. The van der Waals surface area contributed by atoms with Crippen molar-refractivity contribution in [2.75, 3.05) is 0 Å². The summed E-state index contributed by atoms with van der Waals surface area (Å²) in [6.07, 6.45) is 5.53. The minimum atomic E-state index is -4.29. The van der Waals surface area contributed by atoms with Gasteiger partial charge >= 0.3 is 0 Å². The van der Waals surface area contributed by atoms with Gasteiger partial charge in [-0.05, 0) is 12.1 Å². The normalized spacial score (nSPS) is 15.8.